The summed E-state index contributed by atoms with van der Waals surface area (Å²) < 4.78 is 7.79. The molecule has 28 heavy (non-hydrogen) atoms. The number of pyridine rings is 1. The first-order chi connectivity index (χ1) is 13.9. The van der Waals surface area contributed by atoms with Gasteiger partial charge in [0.05, 0.1) is 16.6 Å². The predicted molar refractivity (Wildman–Crippen MR) is 104 cm³/mol. The number of ether oxygens (including phenoxy) is 1. The van der Waals surface area contributed by atoms with E-state index >= 15 is 0 Å². The number of rotatable bonds is 4. The fourth-order valence-electron chi connectivity index (χ4n) is 2.87. The predicted octanol–water partition coefficient (Wildman–Crippen LogP) is 4.06. The molecule has 0 unspecified atom stereocenters. The van der Waals surface area contributed by atoms with E-state index in [0.717, 1.165) is 22.2 Å². The van der Waals surface area contributed by atoms with Crippen molar-refractivity contribution in [3.8, 4) is 28.7 Å². The van der Waals surface area contributed by atoms with Gasteiger partial charge >= 0.3 is 0 Å². The second kappa shape index (κ2) is 6.88. The van der Waals surface area contributed by atoms with Gasteiger partial charge in [-0.2, -0.15) is 10.1 Å². The Bertz CT molecular complexity index is 1220. The normalized spacial score (nSPS) is 10.9. The summed E-state index contributed by atoms with van der Waals surface area (Å²) in [5.74, 6) is 1.74. The van der Waals surface area contributed by atoms with Crippen molar-refractivity contribution < 1.29 is 4.74 Å². The molecule has 0 saturated carbocycles. The standard InChI is InChI=1S/C21H14N6O/c1-2-6-19-18(5-1)21(26-20(25-19)15-4-3-11-22-12-15)28-17-9-7-16(8-10-17)27-14-23-13-24-27/h1-14H. The minimum atomic E-state index is 0.498. The van der Waals surface area contributed by atoms with E-state index in [-0.39, 0.29) is 0 Å². The van der Waals surface area contributed by atoms with Gasteiger partial charge < -0.3 is 4.74 Å². The van der Waals surface area contributed by atoms with Crippen molar-refractivity contribution >= 4 is 10.9 Å². The third-order valence-corrected chi connectivity index (χ3v) is 4.22. The summed E-state index contributed by atoms with van der Waals surface area (Å²) in [5, 5.41) is 4.97. The summed E-state index contributed by atoms with van der Waals surface area (Å²) in [6.45, 7) is 0. The molecule has 3 aromatic heterocycles. The van der Waals surface area contributed by atoms with Gasteiger partial charge in [0, 0.05) is 18.0 Å². The van der Waals surface area contributed by atoms with Gasteiger partial charge in [-0.25, -0.2) is 14.6 Å². The van der Waals surface area contributed by atoms with Crippen LogP contribution in [0.4, 0.5) is 0 Å². The van der Waals surface area contributed by atoms with Crippen LogP contribution in [0.5, 0.6) is 11.6 Å². The summed E-state index contributed by atoms with van der Waals surface area (Å²) in [4.78, 5) is 17.4. The van der Waals surface area contributed by atoms with Crippen molar-refractivity contribution in [2.45, 2.75) is 0 Å². The lowest BCUT2D eigenvalue weighted by Crippen LogP contribution is -1.97. The number of aromatic nitrogens is 6. The molecule has 0 fully saturated rings. The molecule has 0 spiro atoms. The lowest BCUT2D eigenvalue weighted by Gasteiger charge is -2.10. The Labute approximate surface area is 160 Å². The number of benzene rings is 2. The Kier molecular flexibility index (Phi) is 3.95. The molecular formula is C21H14N6O. The lowest BCUT2D eigenvalue weighted by atomic mass is 10.2. The number of fused-ring (bicyclic) bond motifs is 1. The zero-order chi connectivity index (χ0) is 18.8. The summed E-state index contributed by atoms with van der Waals surface area (Å²) in [7, 11) is 0. The van der Waals surface area contributed by atoms with E-state index in [1.807, 2.05) is 60.7 Å². The highest BCUT2D eigenvalue weighted by Gasteiger charge is 2.11. The van der Waals surface area contributed by atoms with E-state index in [2.05, 4.69) is 25.0 Å². The van der Waals surface area contributed by atoms with Crippen LogP contribution < -0.4 is 4.74 Å². The van der Waals surface area contributed by atoms with E-state index in [1.165, 1.54) is 6.33 Å². The molecule has 0 bridgehead atoms. The average Bonchev–Trinajstić information content (AvgIpc) is 3.30. The first-order valence-corrected chi connectivity index (χ1v) is 8.67. The zero-order valence-corrected chi connectivity index (χ0v) is 14.7. The van der Waals surface area contributed by atoms with Gasteiger partial charge in [-0.05, 0) is 48.5 Å². The molecule has 7 nitrogen and oxygen atoms in total. The maximum Gasteiger partial charge on any atom is 0.230 e. The molecule has 0 saturated heterocycles. The van der Waals surface area contributed by atoms with E-state index in [9.17, 15) is 0 Å². The van der Waals surface area contributed by atoms with Crippen LogP contribution in [0.2, 0.25) is 0 Å². The molecule has 5 rings (SSSR count). The Hall–Kier alpha value is -4.13. The van der Waals surface area contributed by atoms with Crippen LogP contribution in [-0.4, -0.2) is 29.7 Å². The van der Waals surface area contributed by atoms with Crippen molar-refractivity contribution in [2.24, 2.45) is 0 Å². The van der Waals surface area contributed by atoms with Gasteiger partial charge in [0.2, 0.25) is 5.88 Å². The number of nitrogens with zero attached hydrogens (tertiary/aromatic N) is 6. The van der Waals surface area contributed by atoms with Gasteiger partial charge in [-0.3, -0.25) is 4.98 Å². The molecule has 0 aliphatic rings. The fourth-order valence-corrected chi connectivity index (χ4v) is 2.87. The van der Waals surface area contributed by atoms with E-state index < -0.39 is 0 Å². The molecule has 0 radical (unpaired) electrons. The molecule has 7 heteroatoms. The smallest absolute Gasteiger partial charge is 0.230 e. The molecular weight excluding hydrogens is 352 g/mol. The van der Waals surface area contributed by atoms with Crippen LogP contribution in [0.25, 0.3) is 28.0 Å². The number of hydrogen-bond donors (Lipinski definition) is 0. The highest BCUT2D eigenvalue weighted by Crippen LogP contribution is 2.30. The monoisotopic (exact) mass is 366 g/mol. The van der Waals surface area contributed by atoms with E-state index in [1.54, 1.807) is 23.4 Å². The summed E-state index contributed by atoms with van der Waals surface area (Å²) in [6.07, 6.45) is 6.60. The third kappa shape index (κ3) is 3.05. The van der Waals surface area contributed by atoms with Crippen LogP contribution in [0.1, 0.15) is 0 Å². The van der Waals surface area contributed by atoms with E-state index in [0.29, 0.717) is 17.5 Å². The fraction of sp³-hybridized carbons (Fsp3) is 0. The summed E-state index contributed by atoms with van der Waals surface area (Å²) in [5.41, 5.74) is 2.54. The van der Waals surface area contributed by atoms with Crippen LogP contribution in [-0.2, 0) is 0 Å². The Balaban J connectivity index is 1.54. The average molecular weight is 366 g/mol. The topological polar surface area (TPSA) is 78.6 Å². The molecule has 0 amide bonds. The Morgan fingerprint density at radius 2 is 1.71 bits per heavy atom. The first kappa shape index (κ1) is 16.1. The minimum absolute atomic E-state index is 0.498. The Morgan fingerprint density at radius 3 is 2.50 bits per heavy atom. The van der Waals surface area contributed by atoms with Crippen LogP contribution in [0.3, 0.4) is 0 Å². The molecule has 0 atom stereocenters. The molecule has 5 aromatic rings. The van der Waals surface area contributed by atoms with Crippen molar-refractivity contribution in [1.29, 1.82) is 0 Å². The van der Waals surface area contributed by atoms with Gasteiger partial charge in [-0.15, -0.1) is 0 Å². The molecule has 134 valence electrons. The second-order valence-corrected chi connectivity index (χ2v) is 6.05. The van der Waals surface area contributed by atoms with Crippen molar-refractivity contribution in [3.05, 3.63) is 85.7 Å². The van der Waals surface area contributed by atoms with Crippen LogP contribution >= 0.6 is 0 Å². The van der Waals surface area contributed by atoms with Gasteiger partial charge in [0.15, 0.2) is 5.82 Å². The van der Waals surface area contributed by atoms with Gasteiger partial charge in [0.1, 0.15) is 18.4 Å². The molecule has 0 N–H and O–H groups in total. The highest BCUT2D eigenvalue weighted by molar-refractivity contribution is 5.85. The second-order valence-electron chi connectivity index (χ2n) is 6.05. The summed E-state index contributed by atoms with van der Waals surface area (Å²) in [6, 6.07) is 19.1. The van der Waals surface area contributed by atoms with Crippen LogP contribution in [0.15, 0.2) is 85.7 Å². The maximum atomic E-state index is 6.11. The lowest BCUT2D eigenvalue weighted by molar-refractivity contribution is 0.469. The number of para-hydroxylation sites is 1. The first-order valence-electron chi connectivity index (χ1n) is 8.67. The largest absolute Gasteiger partial charge is 0.438 e. The molecule has 0 aliphatic carbocycles. The van der Waals surface area contributed by atoms with Crippen molar-refractivity contribution in [3.63, 3.8) is 0 Å². The summed E-state index contributed by atoms with van der Waals surface area (Å²) >= 11 is 0. The van der Waals surface area contributed by atoms with Gasteiger partial charge in [0.25, 0.3) is 0 Å². The van der Waals surface area contributed by atoms with Crippen LogP contribution in [0, 0.1) is 0 Å². The van der Waals surface area contributed by atoms with E-state index in [4.69, 9.17) is 4.74 Å². The minimum Gasteiger partial charge on any atom is -0.438 e. The third-order valence-electron chi connectivity index (χ3n) is 4.22. The Morgan fingerprint density at radius 1 is 0.821 bits per heavy atom. The zero-order valence-electron chi connectivity index (χ0n) is 14.7. The molecule has 3 heterocycles. The molecule has 2 aromatic carbocycles. The van der Waals surface area contributed by atoms with Gasteiger partial charge in [-0.1, -0.05) is 12.1 Å². The number of hydrogen-bond acceptors (Lipinski definition) is 6. The SMILES string of the molecule is c1cncc(-c2nc(Oc3ccc(-n4cncn4)cc3)c3ccccc3n2)c1. The van der Waals surface area contributed by atoms with Crippen molar-refractivity contribution in [2.75, 3.05) is 0 Å². The highest BCUT2D eigenvalue weighted by atomic mass is 16.5. The van der Waals surface area contributed by atoms with Crippen molar-refractivity contribution in [1.82, 2.24) is 29.7 Å². The maximum absolute atomic E-state index is 6.11. The molecule has 0 aliphatic heterocycles. The quantitative estimate of drug-likeness (QED) is 0.477.